The fraction of sp³-hybridized carbons (Fsp3) is 0.391. The number of hydrogen-bond donors (Lipinski definition) is 1. The molecule has 2 fully saturated rings. The van der Waals surface area contributed by atoms with Crippen molar-refractivity contribution in [3.8, 4) is 0 Å². The average Bonchev–Trinajstić information content (AvgIpc) is 3.07. The van der Waals surface area contributed by atoms with Crippen LogP contribution in [-0.2, 0) is 25.6 Å². The Morgan fingerprint density at radius 3 is 2.64 bits per heavy atom. The first-order valence-corrected chi connectivity index (χ1v) is 11.2. The van der Waals surface area contributed by atoms with E-state index in [9.17, 15) is 23.2 Å². The molecule has 1 aromatic heterocycles. The van der Waals surface area contributed by atoms with Crippen LogP contribution in [0.15, 0.2) is 42.7 Å². The second kappa shape index (κ2) is 11.2. The Morgan fingerprint density at radius 2 is 1.92 bits per heavy atom. The number of benzene rings is 1. The number of aromatic nitrogens is 1. The van der Waals surface area contributed by atoms with Crippen molar-refractivity contribution in [3.05, 3.63) is 54.1 Å². The van der Waals surface area contributed by atoms with E-state index >= 15 is 4.39 Å². The number of ether oxygens (including phenoxy) is 1. The molecule has 0 radical (unpaired) electrons. The molecule has 1 atom stereocenters. The molecule has 2 aromatic rings. The maximum Gasteiger partial charge on any atom is 0.414 e. The Morgan fingerprint density at radius 1 is 1.14 bits per heavy atom. The predicted octanol–water partition coefficient (Wildman–Crippen LogP) is 1.75. The highest BCUT2D eigenvalue weighted by Crippen LogP contribution is 2.28. The minimum Gasteiger partial charge on any atom is -0.442 e. The molecular weight excluding hydrogens is 483 g/mol. The number of pyridine rings is 1. The summed E-state index contributed by atoms with van der Waals surface area (Å²) in [6, 6.07) is 7.72. The van der Waals surface area contributed by atoms with Gasteiger partial charge in [-0.1, -0.05) is 0 Å². The molecule has 0 unspecified atom stereocenters. The largest absolute Gasteiger partial charge is 0.442 e. The first-order chi connectivity index (χ1) is 17.3. The van der Waals surface area contributed by atoms with Crippen LogP contribution in [0.25, 0.3) is 0 Å². The summed E-state index contributed by atoms with van der Waals surface area (Å²) in [6.07, 6.45) is -1.42. The maximum absolute atomic E-state index is 15.0. The smallest absolute Gasteiger partial charge is 0.414 e. The van der Waals surface area contributed by atoms with Gasteiger partial charge >= 0.3 is 12.5 Å². The topological polar surface area (TPSA) is 104 Å². The number of nitrogens with one attached hydrogen (secondary N) is 1. The Balaban J connectivity index is 1.35. The summed E-state index contributed by atoms with van der Waals surface area (Å²) >= 11 is 0. The zero-order chi connectivity index (χ0) is 25.7. The summed E-state index contributed by atoms with van der Waals surface area (Å²) in [5, 5.41) is 3.27. The van der Waals surface area contributed by atoms with E-state index < -0.39 is 30.3 Å². The molecule has 0 spiro atoms. The van der Waals surface area contributed by atoms with Gasteiger partial charge < -0.3 is 15.0 Å². The number of nitrogens with zero attached hydrogens (tertiary/aromatic N) is 4. The van der Waals surface area contributed by atoms with E-state index in [-0.39, 0.29) is 49.9 Å². The van der Waals surface area contributed by atoms with Gasteiger partial charge in [0.05, 0.1) is 44.0 Å². The Bertz CT molecular complexity index is 1110. The number of anilines is 2. The van der Waals surface area contributed by atoms with Crippen molar-refractivity contribution in [3.63, 3.8) is 0 Å². The van der Waals surface area contributed by atoms with Gasteiger partial charge in [-0.15, -0.1) is 0 Å². The molecule has 3 amide bonds. The lowest BCUT2D eigenvalue weighted by Gasteiger charge is -2.24. The molecule has 4 rings (SSSR count). The lowest BCUT2D eigenvalue weighted by molar-refractivity contribution is -0.181. The van der Waals surface area contributed by atoms with E-state index in [4.69, 9.17) is 9.57 Å². The van der Waals surface area contributed by atoms with Crippen LogP contribution in [-0.4, -0.2) is 79.8 Å². The normalized spacial score (nSPS) is 18.3. The molecule has 2 saturated heterocycles. The van der Waals surface area contributed by atoms with Crippen molar-refractivity contribution in [1.29, 1.82) is 0 Å². The van der Waals surface area contributed by atoms with E-state index in [0.717, 1.165) is 10.5 Å². The second-order valence-electron chi connectivity index (χ2n) is 8.15. The van der Waals surface area contributed by atoms with E-state index in [1.807, 2.05) is 5.32 Å². The summed E-state index contributed by atoms with van der Waals surface area (Å²) in [4.78, 5) is 48.2. The van der Waals surface area contributed by atoms with Crippen molar-refractivity contribution >= 4 is 29.3 Å². The fourth-order valence-electron chi connectivity index (χ4n) is 3.90. The van der Waals surface area contributed by atoms with Crippen molar-refractivity contribution in [1.82, 2.24) is 15.4 Å². The average molecular weight is 507 g/mol. The molecular formula is C23H24F3N5O5. The van der Waals surface area contributed by atoms with E-state index in [2.05, 4.69) is 4.98 Å². The van der Waals surface area contributed by atoms with Gasteiger partial charge in [-0.3, -0.25) is 24.3 Å². The number of alkyl halides is 2. The second-order valence-corrected chi connectivity index (χ2v) is 8.15. The van der Waals surface area contributed by atoms with Crippen molar-refractivity contribution in [2.45, 2.75) is 19.0 Å². The number of halogens is 3. The number of hydrogen-bond acceptors (Lipinski definition) is 7. The van der Waals surface area contributed by atoms with Crippen molar-refractivity contribution < 1.29 is 37.1 Å². The van der Waals surface area contributed by atoms with Gasteiger partial charge in [0.2, 0.25) is 0 Å². The lowest BCUT2D eigenvalue weighted by Crippen LogP contribution is -2.37. The highest BCUT2D eigenvalue weighted by atomic mass is 19.3. The Hall–Kier alpha value is -3.87. The third-order valence-corrected chi connectivity index (χ3v) is 5.72. The monoisotopic (exact) mass is 507 g/mol. The summed E-state index contributed by atoms with van der Waals surface area (Å²) in [6.45, 7) is 0.760. The van der Waals surface area contributed by atoms with Crippen molar-refractivity contribution in [2.24, 2.45) is 0 Å². The summed E-state index contributed by atoms with van der Waals surface area (Å²) < 4.78 is 44.8. The molecule has 1 aromatic carbocycles. The zero-order valence-corrected chi connectivity index (χ0v) is 19.1. The lowest BCUT2D eigenvalue weighted by atomic mass is 10.2. The SMILES string of the molecule is O=C(NC[C@H]1CN(c2ccc(N3CCON(C(=O)Cc4ccncc4)CC3)c(F)c2)C(=O)O1)C(F)F. The number of rotatable bonds is 7. The summed E-state index contributed by atoms with van der Waals surface area (Å²) in [5.74, 6) is -2.27. The number of carbonyl (C=O) groups is 3. The molecule has 2 aliphatic heterocycles. The van der Waals surface area contributed by atoms with Crippen LogP contribution in [0.3, 0.4) is 0 Å². The zero-order valence-electron chi connectivity index (χ0n) is 19.1. The van der Waals surface area contributed by atoms with Crippen LogP contribution in [0.5, 0.6) is 0 Å². The number of cyclic esters (lactones) is 1. The van der Waals surface area contributed by atoms with E-state index in [1.165, 1.54) is 23.3 Å². The molecule has 0 saturated carbocycles. The highest BCUT2D eigenvalue weighted by molar-refractivity contribution is 5.90. The van der Waals surface area contributed by atoms with Gasteiger partial charge in [0.25, 0.3) is 11.8 Å². The number of carbonyl (C=O) groups excluding carboxylic acids is 3. The predicted molar refractivity (Wildman–Crippen MR) is 121 cm³/mol. The van der Waals surface area contributed by atoms with Crippen LogP contribution in [0.2, 0.25) is 0 Å². The van der Waals surface area contributed by atoms with Gasteiger partial charge in [-0.25, -0.2) is 14.2 Å². The maximum atomic E-state index is 15.0. The number of hydroxylamine groups is 2. The molecule has 1 N–H and O–H groups in total. The molecule has 36 heavy (non-hydrogen) atoms. The molecule has 0 aliphatic carbocycles. The highest BCUT2D eigenvalue weighted by Gasteiger charge is 2.33. The van der Waals surface area contributed by atoms with Crippen LogP contribution in [0, 0.1) is 5.82 Å². The fourth-order valence-corrected chi connectivity index (χ4v) is 3.90. The third-order valence-electron chi connectivity index (χ3n) is 5.72. The van der Waals surface area contributed by atoms with Gasteiger partial charge in [-0.05, 0) is 35.9 Å². The standard InChI is InChI=1S/C23H24F3N5O5/c24-18-12-16(30-14-17(36-23(30)34)13-28-22(33)21(25)26)1-2-19(18)29-7-8-31(35-10-9-29)20(32)11-15-3-5-27-6-4-15/h1-6,12,17,21H,7-11,13-14H2,(H,28,33)/t17-/m0/s1. The van der Waals surface area contributed by atoms with Gasteiger partial charge in [0.15, 0.2) is 0 Å². The summed E-state index contributed by atoms with van der Waals surface area (Å²) in [5.41, 5.74) is 1.31. The first kappa shape index (κ1) is 25.2. The van der Waals surface area contributed by atoms with Crippen LogP contribution < -0.4 is 15.1 Å². The first-order valence-electron chi connectivity index (χ1n) is 11.2. The van der Waals surface area contributed by atoms with Crippen LogP contribution in [0.4, 0.5) is 29.3 Å². The molecule has 10 nitrogen and oxygen atoms in total. The van der Waals surface area contributed by atoms with Crippen molar-refractivity contribution in [2.75, 3.05) is 49.1 Å². The molecule has 0 bridgehead atoms. The minimum atomic E-state index is -3.17. The number of amides is 3. The minimum absolute atomic E-state index is 0.0345. The third kappa shape index (κ3) is 6.03. The van der Waals surface area contributed by atoms with Crippen LogP contribution >= 0.6 is 0 Å². The summed E-state index contributed by atoms with van der Waals surface area (Å²) in [7, 11) is 0. The molecule has 192 valence electrons. The van der Waals surface area contributed by atoms with Gasteiger partial charge in [0.1, 0.15) is 11.9 Å². The van der Waals surface area contributed by atoms with Gasteiger partial charge in [0, 0.05) is 25.5 Å². The van der Waals surface area contributed by atoms with Crippen LogP contribution in [0.1, 0.15) is 5.56 Å². The van der Waals surface area contributed by atoms with E-state index in [1.54, 1.807) is 29.4 Å². The van der Waals surface area contributed by atoms with Gasteiger partial charge in [-0.2, -0.15) is 8.78 Å². The quantitative estimate of drug-likeness (QED) is 0.609. The molecule has 3 heterocycles. The molecule has 13 heteroatoms. The molecule has 2 aliphatic rings. The Labute approximate surface area is 204 Å². The Kier molecular flexibility index (Phi) is 7.88. The van der Waals surface area contributed by atoms with E-state index in [0.29, 0.717) is 13.1 Å².